The van der Waals surface area contributed by atoms with Crippen LogP contribution in [-0.4, -0.2) is 79.1 Å². The van der Waals surface area contributed by atoms with Gasteiger partial charge in [0.1, 0.15) is 5.60 Å². The number of aromatic nitrogens is 2. The molecule has 10 nitrogen and oxygen atoms in total. The number of carbonyl (C=O) groups excluding carboxylic acids is 1. The molecule has 2 N–H and O–H groups in total. The molecule has 150 valence electrons. The predicted molar refractivity (Wildman–Crippen MR) is 91.4 cm³/mol. The summed E-state index contributed by atoms with van der Waals surface area (Å²) >= 11 is 0. The van der Waals surface area contributed by atoms with Gasteiger partial charge in [-0.25, -0.2) is 4.79 Å². The fraction of sp³-hybridized carbons (Fsp3) is 0.824. The number of hydroxylamine groups is 2. The Kier molecular flexibility index (Phi) is 4.61. The molecule has 3 aliphatic rings. The molecule has 1 aromatic rings. The molecule has 0 saturated carbocycles. The summed E-state index contributed by atoms with van der Waals surface area (Å²) in [5, 5.41) is 29.3. The highest BCUT2D eigenvalue weighted by Crippen LogP contribution is 2.38. The Hall–Kier alpha value is -1.75. The smallest absolute Gasteiger partial charge is 0.410 e. The molecule has 4 rings (SSSR count). The van der Waals surface area contributed by atoms with E-state index in [9.17, 15) is 15.1 Å². The van der Waals surface area contributed by atoms with Crippen LogP contribution >= 0.6 is 0 Å². The van der Waals surface area contributed by atoms with Gasteiger partial charge < -0.3 is 24.4 Å². The highest BCUT2D eigenvalue weighted by molar-refractivity contribution is 5.69. The van der Waals surface area contributed by atoms with Gasteiger partial charge in [0.25, 0.3) is 0 Å². The maximum Gasteiger partial charge on any atom is 0.410 e. The van der Waals surface area contributed by atoms with E-state index < -0.39 is 12.0 Å². The Morgan fingerprint density at radius 2 is 2.00 bits per heavy atom. The number of ether oxygens (including phenoxy) is 1. The molecule has 3 fully saturated rings. The first-order valence-corrected chi connectivity index (χ1v) is 9.42. The van der Waals surface area contributed by atoms with Gasteiger partial charge in [-0.05, 0) is 33.6 Å². The van der Waals surface area contributed by atoms with Crippen LogP contribution < -0.4 is 0 Å². The number of hydrogen-bond donors (Lipinski definition) is 2. The summed E-state index contributed by atoms with van der Waals surface area (Å²) in [6, 6.07) is -0.234. The van der Waals surface area contributed by atoms with Crippen LogP contribution in [0.1, 0.15) is 51.4 Å². The third-order valence-electron chi connectivity index (χ3n) is 5.34. The van der Waals surface area contributed by atoms with Crippen LogP contribution in [0.3, 0.4) is 0 Å². The first-order chi connectivity index (χ1) is 12.7. The van der Waals surface area contributed by atoms with Crippen molar-refractivity contribution in [3.05, 3.63) is 11.8 Å². The zero-order chi connectivity index (χ0) is 19.3. The summed E-state index contributed by atoms with van der Waals surface area (Å²) in [6.45, 7) is 7.35. The van der Waals surface area contributed by atoms with Crippen molar-refractivity contribution < 1.29 is 24.3 Å². The molecule has 1 amide bonds. The summed E-state index contributed by atoms with van der Waals surface area (Å²) in [6.07, 6.45) is 0.789. The monoisotopic (exact) mass is 381 g/mol. The fourth-order valence-electron chi connectivity index (χ4n) is 3.96. The molecule has 10 heteroatoms. The Bertz CT molecular complexity index is 698. The number of hydrogen-bond acceptors (Lipinski definition) is 9. The zero-order valence-electron chi connectivity index (χ0n) is 15.9. The number of aliphatic hydroxyl groups excluding tert-OH is 1. The fourth-order valence-corrected chi connectivity index (χ4v) is 3.96. The molecule has 4 heterocycles. The van der Waals surface area contributed by atoms with Gasteiger partial charge in [0.05, 0.1) is 12.1 Å². The van der Waals surface area contributed by atoms with Crippen molar-refractivity contribution in [2.45, 2.75) is 64.1 Å². The lowest BCUT2D eigenvalue weighted by Gasteiger charge is -2.39. The molecule has 4 atom stereocenters. The van der Waals surface area contributed by atoms with Crippen molar-refractivity contribution >= 4 is 6.09 Å². The topological polar surface area (TPSA) is 115 Å². The Labute approximate surface area is 157 Å². The van der Waals surface area contributed by atoms with Gasteiger partial charge in [-0.1, -0.05) is 0 Å². The van der Waals surface area contributed by atoms with Crippen LogP contribution in [0.15, 0.2) is 4.42 Å². The molecule has 0 radical (unpaired) electrons. The molecular formula is C17H27N5O5. The highest BCUT2D eigenvalue weighted by atomic mass is 16.6. The standard InChI is InChI=1S/C17H27N5O5/c1-17(2,3)27-16(24)20-7-10(8-20)6-13-18-19-14(26-13)12-5-4-11-9-21(12)15(23)22(11)25/h10-12,15,23,25H,4-9H2,1-3H3. The molecule has 0 spiro atoms. The molecule has 27 heavy (non-hydrogen) atoms. The van der Waals surface area contributed by atoms with E-state index in [-0.39, 0.29) is 24.1 Å². The number of fused-ring (bicyclic) bond motifs is 2. The summed E-state index contributed by atoms with van der Waals surface area (Å²) < 4.78 is 11.2. The van der Waals surface area contributed by atoms with E-state index in [0.717, 1.165) is 17.9 Å². The van der Waals surface area contributed by atoms with Crippen LogP contribution in [0.5, 0.6) is 0 Å². The van der Waals surface area contributed by atoms with Crippen molar-refractivity contribution in [2.24, 2.45) is 5.92 Å². The second-order valence-corrected chi connectivity index (χ2v) is 8.66. The summed E-state index contributed by atoms with van der Waals surface area (Å²) in [4.78, 5) is 15.4. The maximum absolute atomic E-state index is 12.0. The Morgan fingerprint density at radius 1 is 1.26 bits per heavy atom. The maximum atomic E-state index is 12.0. The first kappa shape index (κ1) is 18.6. The molecule has 0 aliphatic carbocycles. The molecule has 3 saturated heterocycles. The van der Waals surface area contributed by atoms with E-state index >= 15 is 0 Å². The minimum Gasteiger partial charge on any atom is -0.444 e. The average Bonchev–Trinajstić information content (AvgIpc) is 3.09. The molecule has 2 bridgehead atoms. The van der Waals surface area contributed by atoms with Crippen molar-refractivity contribution in [1.82, 2.24) is 25.1 Å². The predicted octanol–water partition coefficient (Wildman–Crippen LogP) is 0.965. The molecule has 4 unspecified atom stereocenters. The third-order valence-corrected chi connectivity index (χ3v) is 5.34. The SMILES string of the molecule is CC(C)(C)OC(=O)N1CC(Cc2nnc(C3CCC4CN3C(O)N4O)o2)C1. The largest absolute Gasteiger partial charge is 0.444 e. The minimum atomic E-state index is -1.04. The van der Waals surface area contributed by atoms with Gasteiger partial charge in [0.15, 0.2) is 6.35 Å². The third kappa shape index (κ3) is 3.66. The quantitative estimate of drug-likeness (QED) is 0.790. The van der Waals surface area contributed by atoms with E-state index in [4.69, 9.17) is 9.15 Å². The second-order valence-electron chi connectivity index (χ2n) is 8.66. The van der Waals surface area contributed by atoms with E-state index in [0.29, 0.717) is 37.8 Å². The highest BCUT2D eigenvalue weighted by Gasteiger charge is 2.47. The van der Waals surface area contributed by atoms with Crippen molar-refractivity contribution in [1.29, 1.82) is 0 Å². The van der Waals surface area contributed by atoms with Crippen LogP contribution in [0.2, 0.25) is 0 Å². The number of nitrogens with zero attached hydrogens (tertiary/aromatic N) is 5. The van der Waals surface area contributed by atoms with Crippen LogP contribution in [0, 0.1) is 5.92 Å². The van der Waals surface area contributed by atoms with Gasteiger partial charge in [0, 0.05) is 32.0 Å². The van der Waals surface area contributed by atoms with E-state index in [1.165, 1.54) is 0 Å². The molecule has 0 aromatic carbocycles. The zero-order valence-corrected chi connectivity index (χ0v) is 15.9. The number of aliphatic hydroxyl groups is 1. The lowest BCUT2D eigenvalue weighted by molar-refractivity contribution is -0.222. The molecular weight excluding hydrogens is 354 g/mol. The van der Waals surface area contributed by atoms with Crippen LogP contribution in [-0.2, 0) is 11.2 Å². The molecule has 1 aromatic heterocycles. The van der Waals surface area contributed by atoms with Gasteiger partial charge in [-0.2, -0.15) is 0 Å². The van der Waals surface area contributed by atoms with E-state index in [2.05, 4.69) is 10.2 Å². The molecule has 3 aliphatic heterocycles. The number of piperidine rings is 1. The second kappa shape index (κ2) is 6.69. The van der Waals surface area contributed by atoms with Crippen LogP contribution in [0.4, 0.5) is 4.79 Å². The van der Waals surface area contributed by atoms with Gasteiger partial charge in [0.2, 0.25) is 11.8 Å². The minimum absolute atomic E-state index is 0.0487. The summed E-state index contributed by atoms with van der Waals surface area (Å²) in [7, 11) is 0. The van der Waals surface area contributed by atoms with Crippen molar-refractivity contribution in [3.8, 4) is 0 Å². The van der Waals surface area contributed by atoms with Crippen molar-refractivity contribution in [3.63, 3.8) is 0 Å². The Balaban J connectivity index is 1.31. The van der Waals surface area contributed by atoms with Gasteiger partial charge in [-0.3, -0.25) is 4.90 Å². The lowest BCUT2D eigenvalue weighted by atomic mass is 9.97. The van der Waals surface area contributed by atoms with Gasteiger partial charge >= 0.3 is 6.09 Å². The number of carbonyl (C=O) groups is 1. The normalized spacial score (nSPS) is 31.8. The van der Waals surface area contributed by atoms with E-state index in [1.54, 1.807) is 9.80 Å². The Morgan fingerprint density at radius 3 is 2.70 bits per heavy atom. The van der Waals surface area contributed by atoms with Crippen LogP contribution in [0.25, 0.3) is 0 Å². The number of likely N-dealkylation sites (tertiary alicyclic amines) is 1. The van der Waals surface area contributed by atoms with Gasteiger partial charge in [-0.15, -0.1) is 15.3 Å². The lowest BCUT2D eigenvalue weighted by Crippen LogP contribution is -2.52. The number of amides is 1. The number of rotatable bonds is 3. The van der Waals surface area contributed by atoms with E-state index in [1.807, 2.05) is 20.8 Å². The summed E-state index contributed by atoms with van der Waals surface area (Å²) in [5.41, 5.74) is -0.493. The first-order valence-electron chi connectivity index (χ1n) is 9.42. The summed E-state index contributed by atoms with van der Waals surface area (Å²) in [5.74, 6) is 1.28. The average molecular weight is 381 g/mol. The van der Waals surface area contributed by atoms with Crippen molar-refractivity contribution in [2.75, 3.05) is 19.6 Å².